The van der Waals surface area contributed by atoms with Gasteiger partial charge in [0.2, 0.25) is 0 Å². The Labute approximate surface area is 168 Å². The van der Waals surface area contributed by atoms with Crippen LogP contribution in [0.4, 0.5) is 16.2 Å². The SMILES string of the molecule is CCN(CC)c1ccc(/C=C2\C(=O)NC(=O)N(c3ccccc3Cl)C2=O)cc1. The lowest BCUT2D eigenvalue weighted by molar-refractivity contribution is -0.122. The molecule has 2 aromatic carbocycles. The summed E-state index contributed by atoms with van der Waals surface area (Å²) in [6.45, 7) is 5.91. The number of barbiturate groups is 1. The third-order valence-corrected chi connectivity index (χ3v) is 4.85. The zero-order valence-electron chi connectivity index (χ0n) is 15.6. The van der Waals surface area contributed by atoms with Crippen LogP contribution in [0.15, 0.2) is 54.1 Å². The second-order valence-corrected chi connectivity index (χ2v) is 6.58. The van der Waals surface area contributed by atoms with Crippen molar-refractivity contribution in [1.29, 1.82) is 0 Å². The number of nitrogens with zero attached hydrogens (tertiary/aromatic N) is 2. The Morgan fingerprint density at radius 2 is 1.64 bits per heavy atom. The van der Waals surface area contributed by atoms with Gasteiger partial charge in [0, 0.05) is 18.8 Å². The molecule has 28 heavy (non-hydrogen) atoms. The van der Waals surface area contributed by atoms with E-state index in [1.807, 2.05) is 24.3 Å². The van der Waals surface area contributed by atoms with Crippen molar-refractivity contribution in [3.63, 3.8) is 0 Å². The lowest BCUT2D eigenvalue weighted by Crippen LogP contribution is -2.54. The maximum absolute atomic E-state index is 12.9. The predicted molar refractivity (Wildman–Crippen MR) is 110 cm³/mol. The van der Waals surface area contributed by atoms with Gasteiger partial charge in [-0.25, -0.2) is 9.69 Å². The van der Waals surface area contributed by atoms with Gasteiger partial charge in [0.1, 0.15) is 5.57 Å². The topological polar surface area (TPSA) is 69.7 Å². The number of benzene rings is 2. The molecule has 3 rings (SSSR count). The number of para-hydroxylation sites is 1. The first-order valence-electron chi connectivity index (χ1n) is 8.97. The van der Waals surface area contributed by atoms with E-state index in [2.05, 4.69) is 24.1 Å². The summed E-state index contributed by atoms with van der Waals surface area (Å²) in [5, 5.41) is 2.43. The van der Waals surface area contributed by atoms with E-state index >= 15 is 0 Å². The minimum atomic E-state index is -0.822. The van der Waals surface area contributed by atoms with Crippen LogP contribution in [0.5, 0.6) is 0 Å². The van der Waals surface area contributed by atoms with Crippen LogP contribution in [0.2, 0.25) is 5.02 Å². The summed E-state index contributed by atoms with van der Waals surface area (Å²) in [6.07, 6.45) is 1.47. The fraction of sp³-hybridized carbons (Fsp3) is 0.190. The molecule has 0 radical (unpaired) electrons. The first-order chi connectivity index (χ1) is 13.5. The van der Waals surface area contributed by atoms with E-state index in [0.29, 0.717) is 5.56 Å². The molecule has 6 nitrogen and oxygen atoms in total. The molecule has 2 aromatic rings. The third kappa shape index (κ3) is 3.77. The lowest BCUT2D eigenvalue weighted by atomic mass is 10.1. The maximum atomic E-state index is 12.9. The molecule has 1 fully saturated rings. The van der Waals surface area contributed by atoms with Crippen LogP contribution in [-0.2, 0) is 9.59 Å². The summed E-state index contributed by atoms with van der Waals surface area (Å²) in [7, 11) is 0. The zero-order chi connectivity index (χ0) is 20.3. The van der Waals surface area contributed by atoms with Crippen LogP contribution in [0, 0.1) is 0 Å². The molecule has 0 unspecified atom stereocenters. The second kappa shape index (κ2) is 8.27. The van der Waals surface area contributed by atoms with E-state index in [0.717, 1.165) is 23.7 Å². The highest BCUT2D eigenvalue weighted by molar-refractivity contribution is 6.42. The van der Waals surface area contributed by atoms with Crippen molar-refractivity contribution in [3.8, 4) is 0 Å². The summed E-state index contributed by atoms with van der Waals surface area (Å²) in [4.78, 5) is 40.4. The minimum Gasteiger partial charge on any atom is -0.372 e. The number of urea groups is 1. The average Bonchev–Trinajstić information content (AvgIpc) is 2.68. The molecule has 144 valence electrons. The van der Waals surface area contributed by atoms with Gasteiger partial charge in [-0.05, 0) is 49.8 Å². The van der Waals surface area contributed by atoms with Gasteiger partial charge in [0.25, 0.3) is 11.8 Å². The number of nitrogens with one attached hydrogen (secondary N) is 1. The molecule has 1 aliphatic rings. The molecule has 1 aliphatic heterocycles. The van der Waals surface area contributed by atoms with Crippen LogP contribution in [-0.4, -0.2) is 30.9 Å². The average molecular weight is 398 g/mol. The van der Waals surface area contributed by atoms with Crippen molar-refractivity contribution < 1.29 is 14.4 Å². The molecule has 1 saturated heterocycles. The van der Waals surface area contributed by atoms with Crippen molar-refractivity contribution in [2.75, 3.05) is 22.9 Å². The maximum Gasteiger partial charge on any atom is 0.335 e. The molecular weight excluding hydrogens is 378 g/mol. The first-order valence-corrected chi connectivity index (χ1v) is 9.35. The van der Waals surface area contributed by atoms with Crippen molar-refractivity contribution in [3.05, 3.63) is 64.7 Å². The van der Waals surface area contributed by atoms with Crippen molar-refractivity contribution in [2.45, 2.75) is 13.8 Å². The van der Waals surface area contributed by atoms with Crippen LogP contribution in [0.1, 0.15) is 19.4 Å². The number of rotatable bonds is 5. The minimum absolute atomic E-state index is 0.130. The van der Waals surface area contributed by atoms with Crippen LogP contribution in [0.25, 0.3) is 6.08 Å². The summed E-state index contributed by atoms with van der Waals surface area (Å²) in [5.41, 5.74) is 1.83. The molecule has 0 bridgehead atoms. The summed E-state index contributed by atoms with van der Waals surface area (Å²) < 4.78 is 0. The number of hydrogen-bond donors (Lipinski definition) is 1. The highest BCUT2D eigenvalue weighted by atomic mass is 35.5. The van der Waals surface area contributed by atoms with Crippen molar-refractivity contribution in [1.82, 2.24) is 5.32 Å². The van der Waals surface area contributed by atoms with Gasteiger partial charge in [-0.1, -0.05) is 35.9 Å². The number of carbonyl (C=O) groups excluding carboxylic acids is 3. The highest BCUT2D eigenvalue weighted by Gasteiger charge is 2.37. The normalized spacial score (nSPS) is 15.8. The van der Waals surface area contributed by atoms with E-state index in [4.69, 9.17) is 11.6 Å². The molecule has 7 heteroatoms. The first kappa shape index (κ1) is 19.6. The number of hydrogen-bond acceptors (Lipinski definition) is 4. The number of anilines is 2. The molecule has 0 spiro atoms. The molecule has 0 aromatic heterocycles. The molecule has 0 atom stereocenters. The number of halogens is 1. The lowest BCUT2D eigenvalue weighted by Gasteiger charge is -2.27. The van der Waals surface area contributed by atoms with Gasteiger partial charge >= 0.3 is 6.03 Å². The van der Waals surface area contributed by atoms with E-state index < -0.39 is 17.8 Å². The van der Waals surface area contributed by atoms with Gasteiger partial charge < -0.3 is 4.90 Å². The van der Waals surface area contributed by atoms with E-state index in [1.54, 1.807) is 24.3 Å². The fourth-order valence-corrected chi connectivity index (χ4v) is 3.27. The Balaban J connectivity index is 1.94. The zero-order valence-corrected chi connectivity index (χ0v) is 16.4. The standard InChI is InChI=1S/C21H20ClN3O3/c1-3-24(4-2)15-11-9-14(10-12-15)13-16-19(26)23-21(28)25(20(16)27)18-8-6-5-7-17(18)22/h5-13H,3-4H2,1-2H3,(H,23,26,28)/b16-13+. The molecular formula is C21H20ClN3O3. The molecule has 4 amide bonds. The van der Waals surface area contributed by atoms with Crippen LogP contribution >= 0.6 is 11.6 Å². The summed E-state index contributed by atoms with van der Waals surface area (Å²) >= 11 is 6.12. The number of carbonyl (C=O) groups is 3. The number of amides is 4. The third-order valence-electron chi connectivity index (χ3n) is 4.53. The molecule has 1 N–H and O–H groups in total. The summed E-state index contributed by atoms with van der Waals surface area (Å²) in [6, 6.07) is 13.2. The van der Waals surface area contributed by atoms with Gasteiger partial charge in [-0.3, -0.25) is 14.9 Å². The van der Waals surface area contributed by atoms with Gasteiger partial charge in [-0.2, -0.15) is 0 Å². The highest BCUT2D eigenvalue weighted by Crippen LogP contribution is 2.29. The molecule has 0 saturated carbocycles. The van der Waals surface area contributed by atoms with Crippen LogP contribution < -0.4 is 15.1 Å². The number of imide groups is 2. The van der Waals surface area contributed by atoms with Crippen LogP contribution in [0.3, 0.4) is 0 Å². The largest absolute Gasteiger partial charge is 0.372 e. The van der Waals surface area contributed by atoms with Gasteiger partial charge in [0.05, 0.1) is 10.7 Å². The van der Waals surface area contributed by atoms with E-state index in [9.17, 15) is 14.4 Å². The Hall–Kier alpha value is -3.12. The van der Waals surface area contributed by atoms with E-state index in [-0.39, 0.29) is 16.3 Å². The fourth-order valence-electron chi connectivity index (χ4n) is 3.05. The Morgan fingerprint density at radius 3 is 2.25 bits per heavy atom. The molecule has 0 aliphatic carbocycles. The smallest absolute Gasteiger partial charge is 0.335 e. The van der Waals surface area contributed by atoms with Gasteiger partial charge in [-0.15, -0.1) is 0 Å². The quantitative estimate of drug-likeness (QED) is 0.614. The Kier molecular flexibility index (Phi) is 5.80. The van der Waals surface area contributed by atoms with Crippen molar-refractivity contribution >= 4 is 46.9 Å². The Morgan fingerprint density at radius 1 is 1.00 bits per heavy atom. The van der Waals surface area contributed by atoms with Crippen molar-refractivity contribution in [2.24, 2.45) is 0 Å². The van der Waals surface area contributed by atoms with E-state index in [1.165, 1.54) is 6.08 Å². The second-order valence-electron chi connectivity index (χ2n) is 6.17. The predicted octanol–water partition coefficient (Wildman–Crippen LogP) is 3.85. The summed E-state index contributed by atoms with van der Waals surface area (Å²) in [5.74, 6) is -1.44. The van der Waals surface area contributed by atoms with Gasteiger partial charge in [0.15, 0.2) is 0 Å². The monoisotopic (exact) mass is 397 g/mol. The Bertz CT molecular complexity index is 950. The molecule has 1 heterocycles.